The maximum atomic E-state index is 4.53. The van der Waals surface area contributed by atoms with Crippen molar-refractivity contribution in [1.82, 2.24) is 4.98 Å². The Balaban J connectivity index is 2.18. The van der Waals surface area contributed by atoms with Crippen LogP contribution in [0.5, 0.6) is 0 Å². The molecule has 2 nitrogen and oxygen atoms in total. The van der Waals surface area contributed by atoms with Crippen LogP contribution < -0.4 is 5.32 Å². The van der Waals surface area contributed by atoms with Gasteiger partial charge in [0.15, 0.2) is 0 Å². The number of nitrogens with zero attached hydrogens (tertiary/aromatic N) is 1. The van der Waals surface area contributed by atoms with Gasteiger partial charge in [-0.25, -0.2) is 0 Å². The SMILES string of the molecule is Cc1ccccc1Cc1ncccc1NCC(C)C. The Morgan fingerprint density at radius 1 is 1.11 bits per heavy atom. The van der Waals surface area contributed by atoms with Crippen molar-refractivity contribution in [2.45, 2.75) is 27.2 Å². The van der Waals surface area contributed by atoms with Gasteiger partial charge < -0.3 is 5.32 Å². The van der Waals surface area contributed by atoms with Crippen molar-refractivity contribution < 1.29 is 0 Å². The van der Waals surface area contributed by atoms with E-state index in [0.29, 0.717) is 5.92 Å². The standard InChI is InChI=1S/C17H22N2/c1-13(2)12-19-16-9-6-10-18-17(16)11-15-8-5-4-7-14(15)3/h4-10,13,19H,11-12H2,1-3H3. The van der Waals surface area contributed by atoms with E-state index in [1.54, 1.807) is 0 Å². The first kappa shape index (κ1) is 13.6. The normalized spacial score (nSPS) is 10.7. The van der Waals surface area contributed by atoms with Gasteiger partial charge in [0.05, 0.1) is 11.4 Å². The van der Waals surface area contributed by atoms with E-state index >= 15 is 0 Å². The van der Waals surface area contributed by atoms with E-state index in [9.17, 15) is 0 Å². The van der Waals surface area contributed by atoms with Gasteiger partial charge in [0.1, 0.15) is 0 Å². The lowest BCUT2D eigenvalue weighted by Crippen LogP contribution is -2.10. The minimum Gasteiger partial charge on any atom is -0.383 e. The Labute approximate surface area is 115 Å². The van der Waals surface area contributed by atoms with Crippen LogP contribution in [0.4, 0.5) is 5.69 Å². The third kappa shape index (κ3) is 3.82. The summed E-state index contributed by atoms with van der Waals surface area (Å²) in [6, 6.07) is 12.6. The molecule has 0 aliphatic heterocycles. The molecule has 1 aromatic heterocycles. The second kappa shape index (κ2) is 6.37. The molecule has 2 aromatic rings. The lowest BCUT2D eigenvalue weighted by atomic mass is 10.0. The summed E-state index contributed by atoms with van der Waals surface area (Å²) < 4.78 is 0. The summed E-state index contributed by atoms with van der Waals surface area (Å²) in [7, 11) is 0. The summed E-state index contributed by atoms with van der Waals surface area (Å²) in [5, 5.41) is 3.49. The van der Waals surface area contributed by atoms with Crippen LogP contribution in [0.25, 0.3) is 0 Å². The highest BCUT2D eigenvalue weighted by atomic mass is 14.9. The molecule has 0 bridgehead atoms. The molecule has 0 saturated carbocycles. The minimum atomic E-state index is 0.631. The molecule has 0 saturated heterocycles. The molecule has 0 atom stereocenters. The Hall–Kier alpha value is -1.83. The Bertz CT molecular complexity index is 532. The molecule has 0 amide bonds. The Kier molecular flexibility index (Phi) is 4.56. The summed E-state index contributed by atoms with van der Waals surface area (Å²) in [5.74, 6) is 0.631. The molecule has 0 unspecified atom stereocenters. The van der Waals surface area contributed by atoms with Gasteiger partial charge >= 0.3 is 0 Å². The van der Waals surface area contributed by atoms with Gasteiger partial charge in [-0.1, -0.05) is 38.1 Å². The predicted octanol–water partition coefficient (Wildman–Crippen LogP) is 4.05. The van der Waals surface area contributed by atoms with Crippen molar-refractivity contribution in [2.75, 3.05) is 11.9 Å². The van der Waals surface area contributed by atoms with E-state index in [2.05, 4.69) is 61.4 Å². The monoisotopic (exact) mass is 254 g/mol. The highest BCUT2D eigenvalue weighted by molar-refractivity contribution is 5.49. The number of rotatable bonds is 5. The molecule has 0 radical (unpaired) electrons. The summed E-state index contributed by atoms with van der Waals surface area (Å²) >= 11 is 0. The topological polar surface area (TPSA) is 24.9 Å². The van der Waals surface area contributed by atoms with Gasteiger partial charge in [0.25, 0.3) is 0 Å². The number of hydrogen-bond donors (Lipinski definition) is 1. The second-order valence-corrected chi connectivity index (χ2v) is 5.38. The number of nitrogens with one attached hydrogen (secondary N) is 1. The molecular weight excluding hydrogens is 232 g/mol. The minimum absolute atomic E-state index is 0.631. The number of hydrogen-bond acceptors (Lipinski definition) is 2. The van der Waals surface area contributed by atoms with Crippen LogP contribution in [0, 0.1) is 12.8 Å². The lowest BCUT2D eigenvalue weighted by molar-refractivity contribution is 0.688. The molecule has 19 heavy (non-hydrogen) atoms. The van der Waals surface area contributed by atoms with Crippen molar-refractivity contribution in [1.29, 1.82) is 0 Å². The van der Waals surface area contributed by atoms with Crippen LogP contribution in [0.15, 0.2) is 42.6 Å². The Morgan fingerprint density at radius 3 is 2.63 bits per heavy atom. The van der Waals surface area contributed by atoms with Crippen LogP contribution >= 0.6 is 0 Å². The zero-order valence-corrected chi connectivity index (χ0v) is 12.0. The van der Waals surface area contributed by atoms with Crippen molar-refractivity contribution in [3.63, 3.8) is 0 Å². The van der Waals surface area contributed by atoms with Gasteiger partial charge in [-0.2, -0.15) is 0 Å². The number of benzene rings is 1. The molecule has 2 rings (SSSR count). The molecule has 2 heteroatoms. The molecule has 1 heterocycles. The fourth-order valence-corrected chi connectivity index (χ4v) is 2.04. The highest BCUT2D eigenvalue weighted by Gasteiger charge is 2.06. The fourth-order valence-electron chi connectivity index (χ4n) is 2.04. The van der Waals surface area contributed by atoms with Gasteiger partial charge in [-0.3, -0.25) is 4.98 Å². The van der Waals surface area contributed by atoms with Crippen molar-refractivity contribution in [2.24, 2.45) is 5.92 Å². The number of aromatic nitrogens is 1. The van der Waals surface area contributed by atoms with Crippen molar-refractivity contribution >= 4 is 5.69 Å². The lowest BCUT2D eigenvalue weighted by Gasteiger charge is -2.13. The largest absolute Gasteiger partial charge is 0.383 e. The van der Waals surface area contributed by atoms with Crippen molar-refractivity contribution in [3.8, 4) is 0 Å². The van der Waals surface area contributed by atoms with E-state index in [0.717, 1.165) is 24.3 Å². The highest BCUT2D eigenvalue weighted by Crippen LogP contribution is 2.19. The summed E-state index contributed by atoms with van der Waals surface area (Å²) in [4.78, 5) is 4.53. The molecule has 0 spiro atoms. The van der Waals surface area contributed by atoms with Gasteiger partial charge in [-0.05, 0) is 36.1 Å². The zero-order valence-electron chi connectivity index (χ0n) is 12.0. The molecular formula is C17H22N2. The first-order valence-corrected chi connectivity index (χ1v) is 6.89. The average molecular weight is 254 g/mol. The van der Waals surface area contributed by atoms with Crippen LogP contribution in [0.1, 0.15) is 30.7 Å². The Morgan fingerprint density at radius 2 is 1.89 bits per heavy atom. The van der Waals surface area contributed by atoms with Crippen LogP contribution in [-0.2, 0) is 6.42 Å². The van der Waals surface area contributed by atoms with Crippen molar-refractivity contribution in [3.05, 3.63) is 59.4 Å². The molecule has 0 aliphatic rings. The molecule has 0 fully saturated rings. The average Bonchev–Trinajstić information content (AvgIpc) is 2.40. The van der Waals surface area contributed by atoms with E-state index in [1.807, 2.05) is 12.3 Å². The zero-order chi connectivity index (χ0) is 13.7. The quantitative estimate of drug-likeness (QED) is 0.870. The number of anilines is 1. The van der Waals surface area contributed by atoms with Crippen LogP contribution in [0.3, 0.4) is 0 Å². The maximum Gasteiger partial charge on any atom is 0.0678 e. The number of pyridine rings is 1. The van der Waals surface area contributed by atoms with Gasteiger partial charge in [0.2, 0.25) is 0 Å². The third-order valence-corrected chi connectivity index (χ3v) is 3.21. The molecule has 1 aromatic carbocycles. The third-order valence-electron chi connectivity index (χ3n) is 3.21. The summed E-state index contributed by atoms with van der Waals surface area (Å²) in [6.07, 6.45) is 2.75. The summed E-state index contributed by atoms with van der Waals surface area (Å²) in [5.41, 5.74) is 4.94. The van der Waals surface area contributed by atoms with Crippen LogP contribution in [-0.4, -0.2) is 11.5 Å². The predicted molar refractivity (Wildman–Crippen MR) is 81.5 cm³/mol. The first-order valence-electron chi connectivity index (χ1n) is 6.89. The van der Waals surface area contributed by atoms with E-state index in [4.69, 9.17) is 0 Å². The summed E-state index contributed by atoms with van der Waals surface area (Å²) in [6.45, 7) is 7.56. The van der Waals surface area contributed by atoms with E-state index in [-0.39, 0.29) is 0 Å². The molecule has 0 aliphatic carbocycles. The van der Waals surface area contributed by atoms with Crippen LogP contribution in [0.2, 0.25) is 0 Å². The fraction of sp³-hybridized carbons (Fsp3) is 0.353. The van der Waals surface area contributed by atoms with Gasteiger partial charge in [-0.15, -0.1) is 0 Å². The van der Waals surface area contributed by atoms with E-state index in [1.165, 1.54) is 11.1 Å². The van der Waals surface area contributed by atoms with Gasteiger partial charge in [0, 0.05) is 19.2 Å². The smallest absolute Gasteiger partial charge is 0.0678 e. The van der Waals surface area contributed by atoms with E-state index < -0.39 is 0 Å². The number of aryl methyl sites for hydroxylation is 1. The second-order valence-electron chi connectivity index (χ2n) is 5.38. The maximum absolute atomic E-state index is 4.53. The molecule has 1 N–H and O–H groups in total. The molecule has 100 valence electrons. The first-order chi connectivity index (χ1) is 9.16.